The molecule has 0 unspecified atom stereocenters. The van der Waals surface area contributed by atoms with Crippen molar-refractivity contribution in [2.24, 2.45) is 46.3 Å². The number of aliphatic carboxylic acids is 1. The third kappa shape index (κ3) is 4.30. The second-order valence-electron chi connectivity index (χ2n) is 11.7. The number of rotatable bonds is 8. The van der Waals surface area contributed by atoms with Gasteiger partial charge in [-0.1, -0.05) is 53.9 Å². The summed E-state index contributed by atoms with van der Waals surface area (Å²) in [6, 6.07) is 0. The van der Waals surface area contributed by atoms with Gasteiger partial charge in [0.15, 0.2) is 0 Å². The molecule has 0 N–H and O–H groups in total. The van der Waals surface area contributed by atoms with Crippen LogP contribution in [0.4, 0.5) is 0 Å². The summed E-state index contributed by atoms with van der Waals surface area (Å²) in [4.78, 5) is 24.0. The third-order valence-corrected chi connectivity index (χ3v) is 9.65. The van der Waals surface area contributed by atoms with Crippen LogP contribution in [0.1, 0.15) is 105 Å². The first-order chi connectivity index (χ1) is 13.6. The molecule has 0 radical (unpaired) electrons. The van der Waals surface area contributed by atoms with Crippen LogP contribution in [0.25, 0.3) is 0 Å². The van der Waals surface area contributed by atoms with Crippen molar-refractivity contribution in [3.05, 3.63) is 0 Å². The number of ketones is 1. The molecule has 0 amide bonds. The number of carbonyl (C=O) groups excluding carboxylic acids is 2. The highest BCUT2D eigenvalue weighted by atomic mass is 16.4. The molecule has 0 aliphatic heterocycles. The summed E-state index contributed by atoms with van der Waals surface area (Å²) >= 11 is 0. The maximum Gasteiger partial charge on any atom is 0.139 e. The fraction of sp³-hybridized carbons (Fsp3) is 0.923. The highest BCUT2D eigenvalue weighted by Gasteiger charge is 2.59. The summed E-state index contributed by atoms with van der Waals surface area (Å²) in [5, 5.41) is 11.1. The van der Waals surface area contributed by atoms with Gasteiger partial charge in [-0.25, -0.2) is 0 Å². The Kier molecular flexibility index (Phi) is 6.85. The minimum atomic E-state index is -1.02. The SMILES string of the molecule is CC(C)CCC[C@@H](C)[C@H]1CC[C@@H]2[C@H]3CCC(=O)[C@](C)(CCC(=O)[O-])[C@@H]3CC[C@@]21C. The van der Waals surface area contributed by atoms with Crippen LogP contribution in [0.5, 0.6) is 0 Å². The van der Waals surface area contributed by atoms with E-state index in [1.165, 1.54) is 38.5 Å². The van der Waals surface area contributed by atoms with Crippen molar-refractivity contribution in [3.63, 3.8) is 0 Å². The molecular formula is C26H43O3-. The lowest BCUT2D eigenvalue weighted by atomic mass is 9.48. The number of fused-ring (bicyclic) bond motifs is 3. The molecule has 166 valence electrons. The van der Waals surface area contributed by atoms with E-state index in [4.69, 9.17) is 0 Å². The van der Waals surface area contributed by atoms with E-state index in [2.05, 4.69) is 34.6 Å². The Morgan fingerprint density at radius 1 is 1.07 bits per heavy atom. The van der Waals surface area contributed by atoms with Gasteiger partial charge in [0.25, 0.3) is 0 Å². The number of Topliss-reactive ketones (excluding diaryl/α,β-unsaturated/α-hetero) is 1. The van der Waals surface area contributed by atoms with Gasteiger partial charge in [-0.2, -0.15) is 0 Å². The van der Waals surface area contributed by atoms with Gasteiger partial charge in [0.2, 0.25) is 0 Å². The monoisotopic (exact) mass is 403 g/mol. The van der Waals surface area contributed by atoms with Gasteiger partial charge in [0, 0.05) is 17.8 Å². The van der Waals surface area contributed by atoms with Crippen LogP contribution < -0.4 is 5.11 Å². The van der Waals surface area contributed by atoms with Crippen LogP contribution >= 0.6 is 0 Å². The number of hydrogen-bond donors (Lipinski definition) is 0. The van der Waals surface area contributed by atoms with Gasteiger partial charge >= 0.3 is 0 Å². The summed E-state index contributed by atoms with van der Waals surface area (Å²) in [7, 11) is 0. The van der Waals surface area contributed by atoms with Crippen molar-refractivity contribution in [2.75, 3.05) is 0 Å². The van der Waals surface area contributed by atoms with E-state index < -0.39 is 11.4 Å². The molecule has 0 aromatic heterocycles. The number of carboxylic acids is 1. The first-order valence-electron chi connectivity index (χ1n) is 12.3. The normalized spacial score (nSPS) is 40.6. The van der Waals surface area contributed by atoms with E-state index in [0.29, 0.717) is 41.8 Å². The van der Waals surface area contributed by atoms with E-state index >= 15 is 0 Å². The molecule has 0 heterocycles. The van der Waals surface area contributed by atoms with Crippen LogP contribution in [0.15, 0.2) is 0 Å². The second-order valence-corrected chi connectivity index (χ2v) is 11.7. The zero-order valence-corrected chi connectivity index (χ0v) is 19.5. The van der Waals surface area contributed by atoms with Crippen LogP contribution in [0, 0.1) is 46.3 Å². The first-order valence-corrected chi connectivity index (χ1v) is 12.3. The predicted octanol–water partition coefficient (Wildman–Crippen LogP) is 5.41. The smallest absolute Gasteiger partial charge is 0.139 e. The number of carboxylic acid groups (broad SMARTS) is 1. The van der Waals surface area contributed by atoms with Gasteiger partial charge in [-0.05, 0) is 85.9 Å². The molecule has 0 spiro atoms. The number of hydrogen-bond acceptors (Lipinski definition) is 3. The van der Waals surface area contributed by atoms with Crippen molar-refractivity contribution in [3.8, 4) is 0 Å². The van der Waals surface area contributed by atoms with Crippen molar-refractivity contribution < 1.29 is 14.7 Å². The molecule has 3 rings (SSSR count). The number of carbonyl (C=O) groups is 2. The highest BCUT2D eigenvalue weighted by Crippen LogP contribution is 2.65. The van der Waals surface area contributed by atoms with Crippen LogP contribution in [-0.4, -0.2) is 11.8 Å². The van der Waals surface area contributed by atoms with E-state index in [9.17, 15) is 14.7 Å². The molecule has 3 saturated carbocycles. The molecular weight excluding hydrogens is 360 g/mol. The lowest BCUT2D eigenvalue weighted by Gasteiger charge is -2.56. The Balaban J connectivity index is 1.73. The molecule has 3 heteroatoms. The molecule has 3 aliphatic rings. The highest BCUT2D eigenvalue weighted by molar-refractivity contribution is 5.86. The average Bonchev–Trinajstić information content (AvgIpc) is 3.00. The quantitative estimate of drug-likeness (QED) is 0.545. The zero-order chi connectivity index (χ0) is 21.4. The standard InChI is InChI=1S/C26H44O3/c1-17(2)7-6-8-18(3)20-10-11-21-19-9-12-23(27)26(5,16-14-24(28)29)22(19)13-15-25(20,21)4/h17-22H,6-16H2,1-5H3,(H,28,29)/p-1/t18-,19-,20-,21-,22-,25-,26-/m1/s1. The summed E-state index contributed by atoms with van der Waals surface area (Å²) < 4.78 is 0. The maximum absolute atomic E-state index is 12.9. The molecule has 3 aliphatic carbocycles. The topological polar surface area (TPSA) is 57.2 Å². The maximum atomic E-state index is 12.9. The molecule has 0 bridgehead atoms. The third-order valence-electron chi connectivity index (χ3n) is 9.65. The zero-order valence-electron chi connectivity index (χ0n) is 19.5. The minimum absolute atomic E-state index is 0.0168. The molecule has 0 saturated heterocycles. The van der Waals surface area contributed by atoms with Gasteiger partial charge in [-0.3, -0.25) is 4.79 Å². The van der Waals surface area contributed by atoms with E-state index in [-0.39, 0.29) is 6.42 Å². The first kappa shape index (κ1) is 22.8. The fourth-order valence-electron chi connectivity index (χ4n) is 7.98. The molecule has 0 aromatic rings. The largest absolute Gasteiger partial charge is 0.550 e. The molecule has 3 nitrogen and oxygen atoms in total. The Morgan fingerprint density at radius 3 is 2.45 bits per heavy atom. The van der Waals surface area contributed by atoms with Gasteiger partial charge in [0.05, 0.1) is 0 Å². The fourth-order valence-corrected chi connectivity index (χ4v) is 7.98. The summed E-state index contributed by atoms with van der Waals surface area (Å²) in [5.74, 6) is 3.38. The average molecular weight is 404 g/mol. The van der Waals surface area contributed by atoms with Crippen LogP contribution in [0.3, 0.4) is 0 Å². The van der Waals surface area contributed by atoms with Crippen LogP contribution in [0.2, 0.25) is 0 Å². The Labute approximate surface area is 178 Å². The summed E-state index contributed by atoms with van der Waals surface area (Å²) in [5.41, 5.74) is -0.0423. The Hall–Kier alpha value is -0.860. The lowest BCUT2D eigenvalue weighted by Crippen LogP contribution is -2.52. The van der Waals surface area contributed by atoms with Gasteiger partial charge < -0.3 is 9.90 Å². The molecule has 7 atom stereocenters. The van der Waals surface area contributed by atoms with E-state index in [1.807, 2.05) is 0 Å². The van der Waals surface area contributed by atoms with Crippen molar-refractivity contribution in [1.82, 2.24) is 0 Å². The molecule has 29 heavy (non-hydrogen) atoms. The summed E-state index contributed by atoms with van der Waals surface area (Å²) in [6.07, 6.45) is 11.1. The van der Waals surface area contributed by atoms with Gasteiger partial charge in [0.1, 0.15) is 5.78 Å². The summed E-state index contributed by atoms with van der Waals surface area (Å²) in [6.45, 7) is 11.7. The van der Waals surface area contributed by atoms with Crippen LogP contribution in [-0.2, 0) is 9.59 Å². The van der Waals surface area contributed by atoms with Crippen molar-refractivity contribution in [2.45, 2.75) is 105 Å². The minimum Gasteiger partial charge on any atom is -0.550 e. The van der Waals surface area contributed by atoms with E-state index in [0.717, 1.165) is 30.6 Å². The lowest BCUT2D eigenvalue weighted by molar-refractivity contribution is -0.306. The van der Waals surface area contributed by atoms with Crippen molar-refractivity contribution in [1.29, 1.82) is 0 Å². The second kappa shape index (κ2) is 8.71. The molecule has 3 fully saturated rings. The Morgan fingerprint density at radius 2 is 1.79 bits per heavy atom. The van der Waals surface area contributed by atoms with Gasteiger partial charge in [-0.15, -0.1) is 0 Å². The molecule has 0 aromatic carbocycles. The Bertz CT molecular complexity index is 611. The van der Waals surface area contributed by atoms with Crippen molar-refractivity contribution >= 4 is 11.8 Å². The predicted molar refractivity (Wildman–Crippen MR) is 115 cm³/mol. The van der Waals surface area contributed by atoms with E-state index in [1.54, 1.807) is 0 Å².